The summed E-state index contributed by atoms with van der Waals surface area (Å²) in [5.41, 5.74) is 5.39. The Labute approximate surface area is 119 Å². The molecule has 20 heavy (non-hydrogen) atoms. The van der Waals surface area contributed by atoms with Gasteiger partial charge in [-0.3, -0.25) is 4.79 Å². The maximum Gasteiger partial charge on any atom is 0.255 e. The van der Waals surface area contributed by atoms with Crippen LogP contribution in [0.15, 0.2) is 36.4 Å². The molecule has 2 aromatic rings. The number of carbonyl (C=O) groups excluding carboxylic acids is 1. The van der Waals surface area contributed by atoms with Crippen LogP contribution >= 0.6 is 0 Å². The number of hydrogen-bond donors (Lipinski definition) is 2. The van der Waals surface area contributed by atoms with Gasteiger partial charge < -0.3 is 10.4 Å². The van der Waals surface area contributed by atoms with E-state index in [-0.39, 0.29) is 12.5 Å². The molecule has 0 spiro atoms. The minimum atomic E-state index is -0.133. The van der Waals surface area contributed by atoms with Gasteiger partial charge in [-0.15, -0.1) is 0 Å². The van der Waals surface area contributed by atoms with E-state index in [2.05, 4.69) is 5.32 Å². The fraction of sp³-hybridized carbons (Fsp3) is 0.235. The molecule has 0 aliphatic rings. The number of anilines is 1. The first kappa shape index (κ1) is 14.3. The molecule has 0 saturated carbocycles. The predicted octanol–water partition coefficient (Wildman–Crippen LogP) is 3.36. The summed E-state index contributed by atoms with van der Waals surface area (Å²) in [6.07, 6.45) is 0. The molecule has 0 aromatic heterocycles. The van der Waals surface area contributed by atoms with Crippen LogP contribution in [0.1, 0.15) is 32.6 Å². The number of benzene rings is 2. The van der Waals surface area contributed by atoms with Gasteiger partial charge in [-0.25, -0.2) is 0 Å². The molecule has 1 amide bonds. The van der Waals surface area contributed by atoms with Gasteiger partial charge >= 0.3 is 0 Å². The normalized spacial score (nSPS) is 10.4. The molecule has 0 aliphatic carbocycles. The van der Waals surface area contributed by atoms with Crippen molar-refractivity contribution >= 4 is 11.6 Å². The molecule has 0 atom stereocenters. The van der Waals surface area contributed by atoms with Gasteiger partial charge in [-0.1, -0.05) is 18.2 Å². The van der Waals surface area contributed by atoms with Crippen LogP contribution in [0.2, 0.25) is 0 Å². The molecular formula is C17H19NO2. The van der Waals surface area contributed by atoms with E-state index >= 15 is 0 Å². The van der Waals surface area contributed by atoms with E-state index in [1.165, 1.54) is 5.56 Å². The van der Waals surface area contributed by atoms with E-state index in [0.717, 1.165) is 22.4 Å². The van der Waals surface area contributed by atoms with Crippen LogP contribution in [-0.2, 0) is 6.61 Å². The van der Waals surface area contributed by atoms with E-state index in [0.29, 0.717) is 5.56 Å². The highest BCUT2D eigenvalue weighted by atomic mass is 16.3. The lowest BCUT2D eigenvalue weighted by molar-refractivity contribution is 0.102. The Morgan fingerprint density at radius 3 is 2.35 bits per heavy atom. The van der Waals surface area contributed by atoms with E-state index in [1.807, 2.05) is 51.1 Å². The fourth-order valence-corrected chi connectivity index (χ4v) is 1.98. The minimum absolute atomic E-state index is 0.0349. The summed E-state index contributed by atoms with van der Waals surface area (Å²) in [5, 5.41) is 12.1. The molecule has 2 rings (SSSR count). The Morgan fingerprint density at radius 1 is 1.00 bits per heavy atom. The van der Waals surface area contributed by atoms with Gasteiger partial charge in [0.2, 0.25) is 0 Å². The maximum absolute atomic E-state index is 12.3. The lowest BCUT2D eigenvalue weighted by atomic mass is 10.1. The average molecular weight is 269 g/mol. The molecule has 0 aliphatic heterocycles. The molecule has 2 N–H and O–H groups in total. The molecule has 0 bridgehead atoms. The monoisotopic (exact) mass is 269 g/mol. The molecule has 0 heterocycles. The maximum atomic E-state index is 12.3. The summed E-state index contributed by atoms with van der Waals surface area (Å²) in [7, 11) is 0. The van der Waals surface area contributed by atoms with Crippen molar-refractivity contribution in [3.63, 3.8) is 0 Å². The zero-order valence-corrected chi connectivity index (χ0v) is 12.0. The van der Waals surface area contributed by atoms with Crippen LogP contribution in [0.25, 0.3) is 0 Å². The number of rotatable bonds is 3. The van der Waals surface area contributed by atoms with Gasteiger partial charge in [0.25, 0.3) is 5.91 Å². The fourth-order valence-electron chi connectivity index (χ4n) is 1.98. The summed E-state index contributed by atoms with van der Waals surface area (Å²) in [5.74, 6) is -0.133. The number of amides is 1. The van der Waals surface area contributed by atoms with Crippen molar-refractivity contribution in [3.8, 4) is 0 Å². The third kappa shape index (κ3) is 3.06. The highest BCUT2D eigenvalue weighted by Gasteiger charge is 2.09. The first-order valence-electron chi connectivity index (χ1n) is 6.60. The number of nitrogens with one attached hydrogen (secondary N) is 1. The summed E-state index contributed by atoms with van der Waals surface area (Å²) in [6.45, 7) is 5.90. The van der Waals surface area contributed by atoms with Crippen molar-refractivity contribution in [1.82, 2.24) is 0 Å². The number of aliphatic hydroxyl groups is 1. The van der Waals surface area contributed by atoms with Crippen LogP contribution in [0, 0.1) is 20.8 Å². The van der Waals surface area contributed by atoms with E-state index in [9.17, 15) is 4.79 Å². The van der Waals surface area contributed by atoms with Gasteiger partial charge in [0.05, 0.1) is 6.61 Å². The van der Waals surface area contributed by atoms with Crippen molar-refractivity contribution in [1.29, 1.82) is 0 Å². The van der Waals surface area contributed by atoms with Crippen molar-refractivity contribution in [2.45, 2.75) is 27.4 Å². The summed E-state index contributed by atoms with van der Waals surface area (Å²) in [4.78, 5) is 12.3. The molecule has 0 fully saturated rings. The zero-order chi connectivity index (χ0) is 14.7. The average Bonchev–Trinajstić information content (AvgIpc) is 2.44. The smallest absolute Gasteiger partial charge is 0.255 e. The van der Waals surface area contributed by atoms with Crippen LogP contribution in [-0.4, -0.2) is 11.0 Å². The quantitative estimate of drug-likeness (QED) is 0.897. The largest absolute Gasteiger partial charge is 0.392 e. The standard InChI is InChI=1S/C17H19NO2/c1-11-5-7-15(8-13(11)3)17(20)18-16-9-14(10-19)6-4-12(16)2/h4-9,19H,10H2,1-3H3,(H,18,20). The second-order valence-electron chi connectivity index (χ2n) is 5.06. The summed E-state index contributed by atoms with van der Waals surface area (Å²) >= 11 is 0. The van der Waals surface area contributed by atoms with Crippen LogP contribution in [0.5, 0.6) is 0 Å². The SMILES string of the molecule is Cc1ccc(C(=O)Nc2cc(CO)ccc2C)cc1C. The van der Waals surface area contributed by atoms with Gasteiger partial charge in [0, 0.05) is 11.3 Å². The molecule has 0 radical (unpaired) electrons. The Bertz CT molecular complexity index is 647. The Hall–Kier alpha value is -2.13. The van der Waals surface area contributed by atoms with E-state index < -0.39 is 0 Å². The second-order valence-corrected chi connectivity index (χ2v) is 5.06. The predicted molar refractivity (Wildman–Crippen MR) is 81.0 cm³/mol. The molecule has 0 unspecified atom stereocenters. The van der Waals surface area contributed by atoms with Gasteiger partial charge in [0.15, 0.2) is 0 Å². The Morgan fingerprint density at radius 2 is 1.70 bits per heavy atom. The molecule has 3 nitrogen and oxygen atoms in total. The molecule has 2 aromatic carbocycles. The molecule has 104 valence electrons. The number of hydrogen-bond acceptors (Lipinski definition) is 2. The third-order valence-corrected chi connectivity index (χ3v) is 3.50. The summed E-state index contributed by atoms with van der Waals surface area (Å²) < 4.78 is 0. The molecule has 0 saturated heterocycles. The Balaban J connectivity index is 2.25. The molecule has 3 heteroatoms. The van der Waals surface area contributed by atoms with Crippen molar-refractivity contribution in [2.75, 3.05) is 5.32 Å². The van der Waals surface area contributed by atoms with Crippen LogP contribution < -0.4 is 5.32 Å². The van der Waals surface area contributed by atoms with Crippen molar-refractivity contribution in [2.24, 2.45) is 0 Å². The number of carbonyl (C=O) groups is 1. The van der Waals surface area contributed by atoms with Gasteiger partial charge in [-0.2, -0.15) is 0 Å². The number of aryl methyl sites for hydroxylation is 3. The first-order valence-corrected chi connectivity index (χ1v) is 6.60. The highest BCUT2D eigenvalue weighted by molar-refractivity contribution is 6.04. The third-order valence-electron chi connectivity index (χ3n) is 3.50. The molecular weight excluding hydrogens is 250 g/mol. The number of aliphatic hydroxyl groups excluding tert-OH is 1. The lowest BCUT2D eigenvalue weighted by Gasteiger charge is -2.11. The second kappa shape index (κ2) is 5.88. The Kier molecular flexibility index (Phi) is 4.20. The van der Waals surface area contributed by atoms with E-state index in [4.69, 9.17) is 5.11 Å². The lowest BCUT2D eigenvalue weighted by Crippen LogP contribution is -2.13. The van der Waals surface area contributed by atoms with Crippen molar-refractivity contribution in [3.05, 3.63) is 64.2 Å². The summed E-state index contributed by atoms with van der Waals surface area (Å²) in [6, 6.07) is 11.2. The van der Waals surface area contributed by atoms with Crippen molar-refractivity contribution < 1.29 is 9.90 Å². The van der Waals surface area contributed by atoms with Crippen LogP contribution in [0.4, 0.5) is 5.69 Å². The highest BCUT2D eigenvalue weighted by Crippen LogP contribution is 2.19. The first-order chi connectivity index (χ1) is 9.51. The zero-order valence-electron chi connectivity index (χ0n) is 12.0. The topological polar surface area (TPSA) is 49.3 Å². The van der Waals surface area contributed by atoms with Gasteiger partial charge in [-0.05, 0) is 61.2 Å². The van der Waals surface area contributed by atoms with E-state index in [1.54, 1.807) is 6.07 Å². The van der Waals surface area contributed by atoms with Crippen LogP contribution in [0.3, 0.4) is 0 Å². The van der Waals surface area contributed by atoms with Gasteiger partial charge in [0.1, 0.15) is 0 Å². The minimum Gasteiger partial charge on any atom is -0.392 e.